The number of anilines is 1. The minimum atomic E-state index is -0.923. The summed E-state index contributed by atoms with van der Waals surface area (Å²) < 4.78 is 31.0. The number of halogens is 2. The summed E-state index contributed by atoms with van der Waals surface area (Å²) in [7, 11) is 0. The van der Waals surface area contributed by atoms with Gasteiger partial charge >= 0.3 is 0 Å². The highest BCUT2D eigenvalue weighted by Gasteiger charge is 2.03. The molecule has 4 nitrogen and oxygen atoms in total. The lowest BCUT2D eigenvalue weighted by molar-refractivity contribution is 0.329. The fourth-order valence-corrected chi connectivity index (χ4v) is 1.70. The van der Waals surface area contributed by atoms with Crippen LogP contribution in [0.4, 0.5) is 14.7 Å². The first-order valence-corrected chi connectivity index (χ1v) is 6.18. The molecule has 106 valence electrons. The first-order valence-electron chi connectivity index (χ1n) is 6.18. The van der Waals surface area contributed by atoms with E-state index >= 15 is 0 Å². The van der Waals surface area contributed by atoms with Crippen LogP contribution in [-0.4, -0.2) is 23.1 Å². The predicted octanol–water partition coefficient (Wildman–Crippen LogP) is 2.86. The number of hydrogen-bond donors (Lipinski definition) is 1. The Bertz CT molecular complexity index is 585. The van der Waals surface area contributed by atoms with Gasteiger partial charge in [0.15, 0.2) is 11.6 Å². The van der Waals surface area contributed by atoms with Crippen molar-refractivity contribution in [3.63, 3.8) is 0 Å². The van der Waals surface area contributed by atoms with E-state index in [4.69, 9.17) is 4.74 Å². The summed E-state index contributed by atoms with van der Waals surface area (Å²) in [5, 5.41) is 3.01. The molecule has 0 aliphatic rings. The van der Waals surface area contributed by atoms with E-state index in [2.05, 4.69) is 15.3 Å². The van der Waals surface area contributed by atoms with Crippen LogP contribution in [0, 0.1) is 25.5 Å². The molecule has 1 heterocycles. The highest BCUT2D eigenvalue weighted by molar-refractivity contribution is 5.28. The molecular weight excluding hydrogens is 264 g/mol. The maximum Gasteiger partial charge on any atom is 0.223 e. The molecule has 6 heteroatoms. The second-order valence-corrected chi connectivity index (χ2v) is 4.33. The number of aromatic nitrogens is 2. The molecule has 0 amide bonds. The first kappa shape index (κ1) is 14.2. The summed E-state index contributed by atoms with van der Waals surface area (Å²) >= 11 is 0. The van der Waals surface area contributed by atoms with E-state index in [0.717, 1.165) is 23.5 Å². The lowest BCUT2D eigenvalue weighted by Gasteiger charge is -2.08. The summed E-state index contributed by atoms with van der Waals surface area (Å²) in [6.07, 6.45) is 0. The minimum Gasteiger partial charge on any atom is -0.492 e. The van der Waals surface area contributed by atoms with Crippen molar-refractivity contribution < 1.29 is 13.5 Å². The third kappa shape index (κ3) is 3.88. The van der Waals surface area contributed by atoms with Crippen LogP contribution in [0.3, 0.4) is 0 Å². The van der Waals surface area contributed by atoms with Crippen molar-refractivity contribution in [3.05, 3.63) is 47.3 Å². The van der Waals surface area contributed by atoms with Gasteiger partial charge in [-0.2, -0.15) is 0 Å². The van der Waals surface area contributed by atoms with Gasteiger partial charge in [-0.05, 0) is 32.0 Å². The molecule has 0 saturated carbocycles. The Morgan fingerprint density at radius 1 is 1.05 bits per heavy atom. The minimum absolute atomic E-state index is 0.284. The molecule has 0 aliphatic carbocycles. The molecule has 1 N–H and O–H groups in total. The zero-order chi connectivity index (χ0) is 14.5. The Hall–Kier alpha value is -2.24. The van der Waals surface area contributed by atoms with Crippen LogP contribution in [0.15, 0.2) is 24.3 Å². The SMILES string of the molecule is Cc1cc(C)nc(NCCOc2ccc(F)c(F)c2)n1. The molecule has 2 aromatic rings. The summed E-state index contributed by atoms with van der Waals surface area (Å²) in [6.45, 7) is 4.53. The highest BCUT2D eigenvalue weighted by atomic mass is 19.2. The van der Waals surface area contributed by atoms with Crippen LogP contribution in [0.1, 0.15) is 11.4 Å². The van der Waals surface area contributed by atoms with Gasteiger partial charge in [0.2, 0.25) is 5.95 Å². The van der Waals surface area contributed by atoms with Gasteiger partial charge in [0.1, 0.15) is 12.4 Å². The first-order chi connectivity index (χ1) is 9.54. The number of hydrogen-bond acceptors (Lipinski definition) is 4. The monoisotopic (exact) mass is 279 g/mol. The van der Waals surface area contributed by atoms with Crippen molar-refractivity contribution in [3.8, 4) is 5.75 Å². The van der Waals surface area contributed by atoms with Crippen molar-refractivity contribution in [2.24, 2.45) is 0 Å². The van der Waals surface area contributed by atoms with Crippen molar-refractivity contribution in [2.75, 3.05) is 18.5 Å². The molecule has 0 fully saturated rings. The van der Waals surface area contributed by atoms with Gasteiger partial charge in [-0.3, -0.25) is 0 Å². The van der Waals surface area contributed by atoms with Crippen LogP contribution in [0.2, 0.25) is 0 Å². The molecule has 2 rings (SSSR count). The van der Waals surface area contributed by atoms with Gasteiger partial charge in [-0.1, -0.05) is 0 Å². The Balaban J connectivity index is 1.82. The van der Waals surface area contributed by atoms with Crippen LogP contribution in [0.5, 0.6) is 5.75 Å². The normalized spacial score (nSPS) is 10.4. The molecule has 0 aliphatic heterocycles. The van der Waals surface area contributed by atoms with Crippen LogP contribution >= 0.6 is 0 Å². The molecule has 0 spiro atoms. The number of benzene rings is 1. The Labute approximate surface area is 115 Å². The van der Waals surface area contributed by atoms with E-state index in [9.17, 15) is 8.78 Å². The molecule has 1 aromatic heterocycles. The van der Waals surface area contributed by atoms with Gasteiger partial charge in [0.05, 0.1) is 6.54 Å². The second kappa shape index (κ2) is 6.27. The molecule has 0 saturated heterocycles. The average Bonchev–Trinajstić information content (AvgIpc) is 2.38. The third-order valence-electron chi connectivity index (χ3n) is 2.53. The Kier molecular flexibility index (Phi) is 4.45. The lowest BCUT2D eigenvalue weighted by Crippen LogP contribution is -2.14. The Morgan fingerprint density at radius 3 is 2.40 bits per heavy atom. The third-order valence-corrected chi connectivity index (χ3v) is 2.53. The molecule has 0 atom stereocenters. The van der Waals surface area contributed by atoms with E-state index in [0.29, 0.717) is 19.1 Å². The van der Waals surface area contributed by atoms with Crippen LogP contribution < -0.4 is 10.1 Å². The summed E-state index contributed by atoms with van der Waals surface area (Å²) in [4.78, 5) is 8.43. The predicted molar refractivity (Wildman–Crippen MR) is 71.8 cm³/mol. The maximum absolute atomic E-state index is 13.0. The standard InChI is InChI=1S/C14H15F2N3O/c1-9-7-10(2)19-14(18-9)17-5-6-20-11-3-4-12(15)13(16)8-11/h3-4,7-8H,5-6H2,1-2H3,(H,17,18,19). The fourth-order valence-electron chi connectivity index (χ4n) is 1.70. The van der Waals surface area contributed by atoms with Crippen molar-refractivity contribution in [2.45, 2.75) is 13.8 Å². The zero-order valence-electron chi connectivity index (χ0n) is 11.3. The summed E-state index contributed by atoms with van der Waals surface area (Å²) in [5.41, 5.74) is 1.75. The van der Waals surface area contributed by atoms with E-state index in [-0.39, 0.29) is 5.75 Å². The van der Waals surface area contributed by atoms with Gasteiger partial charge in [0.25, 0.3) is 0 Å². The maximum atomic E-state index is 13.0. The fraction of sp³-hybridized carbons (Fsp3) is 0.286. The van der Waals surface area contributed by atoms with E-state index in [1.165, 1.54) is 6.07 Å². The molecule has 1 aromatic carbocycles. The number of rotatable bonds is 5. The van der Waals surface area contributed by atoms with Crippen LogP contribution in [-0.2, 0) is 0 Å². The van der Waals surface area contributed by atoms with Crippen molar-refractivity contribution >= 4 is 5.95 Å². The lowest BCUT2D eigenvalue weighted by atomic mass is 10.3. The van der Waals surface area contributed by atoms with Crippen molar-refractivity contribution in [1.29, 1.82) is 0 Å². The largest absolute Gasteiger partial charge is 0.492 e. The molecule has 20 heavy (non-hydrogen) atoms. The van der Waals surface area contributed by atoms with Crippen molar-refractivity contribution in [1.82, 2.24) is 9.97 Å². The van der Waals surface area contributed by atoms with E-state index in [1.54, 1.807) is 0 Å². The van der Waals surface area contributed by atoms with Gasteiger partial charge in [-0.15, -0.1) is 0 Å². The van der Waals surface area contributed by atoms with Crippen LogP contribution in [0.25, 0.3) is 0 Å². The number of aryl methyl sites for hydroxylation is 2. The van der Waals surface area contributed by atoms with Gasteiger partial charge < -0.3 is 10.1 Å². The van der Waals surface area contributed by atoms with Gasteiger partial charge in [0, 0.05) is 17.5 Å². The quantitative estimate of drug-likeness (QED) is 0.855. The second-order valence-electron chi connectivity index (χ2n) is 4.33. The van der Waals surface area contributed by atoms with Gasteiger partial charge in [-0.25, -0.2) is 18.7 Å². The Morgan fingerprint density at radius 2 is 1.75 bits per heavy atom. The topological polar surface area (TPSA) is 47.0 Å². The highest BCUT2D eigenvalue weighted by Crippen LogP contribution is 2.15. The van der Waals surface area contributed by atoms with E-state index < -0.39 is 11.6 Å². The summed E-state index contributed by atoms with van der Waals surface area (Å²) in [6, 6.07) is 5.31. The zero-order valence-corrected chi connectivity index (χ0v) is 11.3. The molecule has 0 radical (unpaired) electrons. The number of nitrogens with one attached hydrogen (secondary N) is 1. The molecular formula is C14H15F2N3O. The molecule has 0 bridgehead atoms. The number of nitrogens with zero attached hydrogens (tertiary/aromatic N) is 2. The summed E-state index contributed by atoms with van der Waals surface area (Å²) in [5.74, 6) is -1.00. The number of ether oxygens (including phenoxy) is 1. The van der Waals surface area contributed by atoms with E-state index in [1.807, 2.05) is 19.9 Å². The average molecular weight is 279 g/mol. The smallest absolute Gasteiger partial charge is 0.223 e. The molecule has 0 unspecified atom stereocenters.